The molecule has 2 rings (SSSR count). The van der Waals surface area contributed by atoms with E-state index in [1.165, 1.54) is 0 Å². The predicted octanol–water partition coefficient (Wildman–Crippen LogP) is 2.96. The first-order valence-corrected chi connectivity index (χ1v) is 6.69. The lowest BCUT2D eigenvalue weighted by molar-refractivity contribution is 0.0743. The zero-order valence-corrected chi connectivity index (χ0v) is 13.1. The molecule has 0 aliphatic carbocycles. The minimum absolute atomic E-state index is 0. The smallest absolute Gasteiger partial charge is 0.255 e. The zero-order chi connectivity index (χ0) is 12.4. The number of hydrogen-bond acceptors (Lipinski definition) is 2. The largest absolute Gasteiger partial charge is 0.337 e. The molecule has 1 aromatic rings. The number of benzene rings is 1. The van der Waals surface area contributed by atoms with Crippen LogP contribution in [0.2, 0.25) is 5.02 Å². The number of likely N-dealkylation sites (N-methyl/N-ethyl adjacent to an activating group) is 1. The van der Waals surface area contributed by atoms with Gasteiger partial charge in [-0.1, -0.05) is 11.6 Å². The van der Waals surface area contributed by atoms with Crippen molar-refractivity contribution in [1.29, 1.82) is 0 Å². The summed E-state index contributed by atoms with van der Waals surface area (Å²) in [4.78, 5) is 14.1. The maximum Gasteiger partial charge on any atom is 0.255 e. The Morgan fingerprint density at radius 3 is 2.89 bits per heavy atom. The number of nitrogens with one attached hydrogen (secondary N) is 1. The van der Waals surface area contributed by atoms with Crippen molar-refractivity contribution in [3.63, 3.8) is 0 Å². The number of nitrogens with zero attached hydrogens (tertiary/aromatic N) is 1. The Bertz CT molecular complexity index is 436. The number of rotatable bonds is 2. The number of amides is 1. The highest BCUT2D eigenvalue weighted by atomic mass is 79.9. The summed E-state index contributed by atoms with van der Waals surface area (Å²) in [6.07, 6.45) is 1.00. The predicted molar refractivity (Wildman–Crippen MR) is 79.8 cm³/mol. The molecule has 3 nitrogen and oxygen atoms in total. The van der Waals surface area contributed by atoms with Crippen molar-refractivity contribution < 1.29 is 4.79 Å². The van der Waals surface area contributed by atoms with E-state index in [2.05, 4.69) is 21.2 Å². The molecule has 18 heavy (non-hydrogen) atoms. The quantitative estimate of drug-likeness (QED) is 0.886. The van der Waals surface area contributed by atoms with Crippen molar-refractivity contribution in [3.05, 3.63) is 33.3 Å². The van der Waals surface area contributed by atoms with Gasteiger partial charge >= 0.3 is 0 Å². The van der Waals surface area contributed by atoms with Gasteiger partial charge in [0, 0.05) is 29.1 Å². The van der Waals surface area contributed by atoms with Gasteiger partial charge in [-0.05, 0) is 47.1 Å². The van der Waals surface area contributed by atoms with Gasteiger partial charge in [0.05, 0.1) is 5.56 Å². The summed E-state index contributed by atoms with van der Waals surface area (Å²) in [5.74, 6) is 0.00748. The van der Waals surface area contributed by atoms with Crippen molar-refractivity contribution in [2.24, 2.45) is 0 Å². The second kappa shape index (κ2) is 6.75. The van der Waals surface area contributed by atoms with Crippen molar-refractivity contribution in [2.45, 2.75) is 12.5 Å². The van der Waals surface area contributed by atoms with Gasteiger partial charge in [0.25, 0.3) is 5.91 Å². The molecule has 6 heteroatoms. The summed E-state index contributed by atoms with van der Waals surface area (Å²) in [7, 11) is 1.84. The van der Waals surface area contributed by atoms with Crippen LogP contribution in [-0.4, -0.2) is 37.0 Å². The van der Waals surface area contributed by atoms with Crippen LogP contribution >= 0.6 is 39.9 Å². The highest BCUT2D eigenvalue weighted by Crippen LogP contribution is 2.23. The summed E-state index contributed by atoms with van der Waals surface area (Å²) >= 11 is 9.31. The molecule has 0 aromatic heterocycles. The maximum atomic E-state index is 12.3. The van der Waals surface area contributed by atoms with E-state index in [1.807, 2.05) is 7.05 Å². The van der Waals surface area contributed by atoms with Crippen LogP contribution in [0.15, 0.2) is 22.7 Å². The Kier molecular flexibility index (Phi) is 5.92. The van der Waals surface area contributed by atoms with Gasteiger partial charge in [0.2, 0.25) is 0 Å². The van der Waals surface area contributed by atoms with Crippen LogP contribution < -0.4 is 5.32 Å². The summed E-state index contributed by atoms with van der Waals surface area (Å²) in [6, 6.07) is 5.54. The molecule has 1 aliphatic heterocycles. The Labute approximate surface area is 126 Å². The lowest BCUT2D eigenvalue weighted by Gasteiger charge is -2.24. The molecule has 1 saturated heterocycles. The maximum absolute atomic E-state index is 12.3. The minimum atomic E-state index is 0. The second-order valence-electron chi connectivity index (χ2n) is 4.19. The van der Waals surface area contributed by atoms with Crippen LogP contribution in [0.5, 0.6) is 0 Å². The molecule has 1 atom stereocenters. The van der Waals surface area contributed by atoms with Crippen molar-refractivity contribution in [3.8, 4) is 0 Å². The number of hydrogen-bond donors (Lipinski definition) is 1. The molecule has 1 fully saturated rings. The van der Waals surface area contributed by atoms with Gasteiger partial charge in [-0.2, -0.15) is 0 Å². The summed E-state index contributed by atoms with van der Waals surface area (Å²) in [5.41, 5.74) is 0.617. The SMILES string of the molecule is CN(C(=O)c1cc(Cl)ccc1Br)C1CCNC1.Cl. The topological polar surface area (TPSA) is 32.3 Å². The average molecular weight is 354 g/mol. The molecule has 1 aliphatic rings. The molecule has 1 N–H and O–H groups in total. The highest BCUT2D eigenvalue weighted by molar-refractivity contribution is 9.10. The number of halogens is 3. The Balaban J connectivity index is 0.00000162. The first-order valence-electron chi connectivity index (χ1n) is 5.52. The van der Waals surface area contributed by atoms with Crippen LogP contribution in [0.4, 0.5) is 0 Å². The molecule has 0 saturated carbocycles. The molecular weight excluding hydrogens is 339 g/mol. The third-order valence-electron chi connectivity index (χ3n) is 3.06. The lowest BCUT2D eigenvalue weighted by Crippen LogP contribution is -2.38. The summed E-state index contributed by atoms with van der Waals surface area (Å²) in [6.45, 7) is 1.83. The molecule has 0 bridgehead atoms. The molecule has 1 aromatic carbocycles. The van der Waals surface area contributed by atoms with Crippen molar-refractivity contribution in [2.75, 3.05) is 20.1 Å². The monoisotopic (exact) mass is 352 g/mol. The van der Waals surface area contributed by atoms with Gasteiger partial charge < -0.3 is 10.2 Å². The number of carbonyl (C=O) groups excluding carboxylic acids is 1. The second-order valence-corrected chi connectivity index (χ2v) is 5.48. The van der Waals surface area contributed by atoms with Crippen molar-refractivity contribution in [1.82, 2.24) is 10.2 Å². The zero-order valence-electron chi connectivity index (χ0n) is 9.95. The van der Waals surface area contributed by atoms with E-state index in [0.717, 1.165) is 24.0 Å². The van der Waals surface area contributed by atoms with Crippen LogP contribution in [0, 0.1) is 0 Å². The third kappa shape index (κ3) is 3.38. The van der Waals surface area contributed by atoms with Crippen LogP contribution in [0.1, 0.15) is 16.8 Å². The van der Waals surface area contributed by atoms with Gasteiger partial charge in [-0.15, -0.1) is 12.4 Å². The van der Waals surface area contributed by atoms with Gasteiger partial charge in [-0.3, -0.25) is 4.79 Å². The number of carbonyl (C=O) groups is 1. The van der Waals surface area contributed by atoms with Crippen molar-refractivity contribution >= 4 is 45.8 Å². The molecular formula is C12H15BrCl2N2O. The van der Waals surface area contributed by atoms with E-state index in [0.29, 0.717) is 10.6 Å². The fourth-order valence-electron chi connectivity index (χ4n) is 1.99. The van der Waals surface area contributed by atoms with Gasteiger partial charge in [-0.25, -0.2) is 0 Å². The van der Waals surface area contributed by atoms with E-state index >= 15 is 0 Å². The van der Waals surface area contributed by atoms with E-state index in [1.54, 1.807) is 23.1 Å². The Hall–Kier alpha value is -0.290. The molecule has 0 spiro atoms. The Morgan fingerprint density at radius 1 is 1.56 bits per heavy atom. The Morgan fingerprint density at radius 2 is 2.28 bits per heavy atom. The molecule has 1 heterocycles. The normalized spacial score (nSPS) is 18.3. The van der Waals surface area contributed by atoms with E-state index < -0.39 is 0 Å². The molecule has 1 unspecified atom stereocenters. The summed E-state index contributed by atoms with van der Waals surface area (Å²) < 4.78 is 0.782. The van der Waals surface area contributed by atoms with Crippen LogP contribution in [0.3, 0.4) is 0 Å². The molecule has 0 radical (unpaired) electrons. The third-order valence-corrected chi connectivity index (χ3v) is 3.99. The van der Waals surface area contributed by atoms with Crippen LogP contribution in [-0.2, 0) is 0 Å². The van der Waals surface area contributed by atoms with Gasteiger partial charge in [0.1, 0.15) is 0 Å². The average Bonchev–Trinajstić information content (AvgIpc) is 2.84. The lowest BCUT2D eigenvalue weighted by atomic mass is 10.1. The standard InChI is InChI=1S/C12H14BrClN2O.ClH/c1-16(9-4-5-15-7-9)12(17)10-6-8(14)2-3-11(10)13;/h2-3,6,9,15H,4-5,7H2,1H3;1H. The van der Waals surface area contributed by atoms with E-state index in [-0.39, 0.29) is 24.4 Å². The first kappa shape index (κ1) is 15.8. The summed E-state index contributed by atoms with van der Waals surface area (Å²) in [5, 5.41) is 3.83. The minimum Gasteiger partial charge on any atom is -0.337 e. The van der Waals surface area contributed by atoms with Crippen LogP contribution in [0.25, 0.3) is 0 Å². The molecule has 100 valence electrons. The van der Waals surface area contributed by atoms with E-state index in [4.69, 9.17) is 11.6 Å². The highest BCUT2D eigenvalue weighted by Gasteiger charge is 2.25. The van der Waals surface area contributed by atoms with E-state index in [9.17, 15) is 4.79 Å². The fraction of sp³-hybridized carbons (Fsp3) is 0.417. The fourth-order valence-corrected chi connectivity index (χ4v) is 2.58. The van der Waals surface area contributed by atoms with Gasteiger partial charge in [0.15, 0.2) is 0 Å². The first-order chi connectivity index (χ1) is 8.09. The molecule has 1 amide bonds.